The highest BCUT2D eigenvalue weighted by Gasteiger charge is 2.18. The van der Waals surface area contributed by atoms with Gasteiger partial charge in [-0.2, -0.15) is 0 Å². The molecule has 0 aliphatic carbocycles. The van der Waals surface area contributed by atoms with Crippen LogP contribution in [0.3, 0.4) is 0 Å². The summed E-state index contributed by atoms with van der Waals surface area (Å²) in [7, 11) is 0. The van der Waals surface area contributed by atoms with Crippen molar-refractivity contribution in [3.63, 3.8) is 0 Å². The molecular formula is C15H16N2O3S2. The average molecular weight is 336 g/mol. The average Bonchev–Trinajstić information content (AvgIpc) is 2.90. The van der Waals surface area contributed by atoms with E-state index in [0.717, 1.165) is 15.6 Å². The second kappa shape index (κ2) is 7.42. The van der Waals surface area contributed by atoms with Crippen LogP contribution in [0.4, 0.5) is 0 Å². The third-order valence-corrected chi connectivity index (χ3v) is 5.06. The Bertz CT molecular complexity index is 685. The van der Waals surface area contributed by atoms with Crippen molar-refractivity contribution < 1.29 is 14.3 Å². The quantitative estimate of drug-likeness (QED) is 0.648. The van der Waals surface area contributed by atoms with Crippen molar-refractivity contribution >= 4 is 35.0 Å². The highest BCUT2D eigenvalue weighted by molar-refractivity contribution is 8.00. The van der Waals surface area contributed by atoms with E-state index in [1.807, 2.05) is 24.4 Å². The maximum Gasteiger partial charge on any atom is 0.339 e. The van der Waals surface area contributed by atoms with Crippen molar-refractivity contribution in [3.05, 3.63) is 46.5 Å². The van der Waals surface area contributed by atoms with Gasteiger partial charge in [-0.05, 0) is 25.5 Å². The first-order valence-electron chi connectivity index (χ1n) is 6.60. The molecule has 1 aromatic carbocycles. The lowest BCUT2D eigenvalue weighted by molar-refractivity contribution is -0.125. The van der Waals surface area contributed by atoms with Crippen molar-refractivity contribution in [1.82, 2.24) is 4.98 Å². The number of hydrogen-bond acceptors (Lipinski definition) is 6. The fourth-order valence-corrected chi connectivity index (χ4v) is 3.52. The van der Waals surface area contributed by atoms with Gasteiger partial charge in [0.15, 0.2) is 6.10 Å². The van der Waals surface area contributed by atoms with E-state index in [2.05, 4.69) is 4.98 Å². The molecule has 0 saturated carbocycles. The number of rotatable bonds is 6. The number of primary amides is 1. The summed E-state index contributed by atoms with van der Waals surface area (Å²) in [5.74, 6) is -0.611. The van der Waals surface area contributed by atoms with E-state index < -0.39 is 18.0 Å². The van der Waals surface area contributed by atoms with Crippen LogP contribution >= 0.6 is 23.1 Å². The summed E-state index contributed by atoms with van der Waals surface area (Å²) < 4.78 is 6.01. The maximum absolute atomic E-state index is 12.1. The summed E-state index contributed by atoms with van der Waals surface area (Å²) in [6, 6.07) is 7.16. The molecule has 0 spiro atoms. The number of ether oxygens (including phenoxy) is 1. The number of carbonyl (C=O) groups excluding carboxylic acids is 2. The van der Waals surface area contributed by atoms with Crippen molar-refractivity contribution in [3.8, 4) is 0 Å². The standard InChI is InChI=1S/C15H16N2O3S2/c1-9-7-21-15(17-9)22-8-11-5-3-4-6-12(11)14(19)20-10(2)13(16)18/h3-7,10H,8H2,1-2H3,(H2,16,18). The number of esters is 1. The molecule has 2 rings (SSSR count). The van der Waals surface area contributed by atoms with E-state index in [0.29, 0.717) is 11.3 Å². The molecule has 2 aromatic rings. The summed E-state index contributed by atoms with van der Waals surface area (Å²) in [5.41, 5.74) is 7.37. The molecule has 0 aliphatic rings. The van der Waals surface area contributed by atoms with E-state index in [1.54, 1.807) is 35.2 Å². The van der Waals surface area contributed by atoms with Gasteiger partial charge in [-0.3, -0.25) is 4.79 Å². The Morgan fingerprint density at radius 3 is 2.77 bits per heavy atom. The van der Waals surface area contributed by atoms with Gasteiger partial charge in [0.1, 0.15) is 4.34 Å². The third-order valence-electron chi connectivity index (χ3n) is 2.87. The monoisotopic (exact) mass is 336 g/mol. The van der Waals surface area contributed by atoms with Gasteiger partial charge in [-0.1, -0.05) is 30.0 Å². The van der Waals surface area contributed by atoms with Crippen LogP contribution in [0.15, 0.2) is 34.0 Å². The molecule has 1 aromatic heterocycles. The van der Waals surface area contributed by atoms with Gasteiger partial charge in [-0.15, -0.1) is 11.3 Å². The molecule has 1 amide bonds. The highest BCUT2D eigenvalue weighted by Crippen LogP contribution is 2.27. The number of carbonyl (C=O) groups is 2. The summed E-state index contributed by atoms with van der Waals surface area (Å²) in [5, 5.41) is 1.98. The topological polar surface area (TPSA) is 82.3 Å². The molecule has 1 unspecified atom stereocenters. The number of amides is 1. The number of thiazole rings is 1. The van der Waals surface area contributed by atoms with Crippen LogP contribution in [0.1, 0.15) is 28.5 Å². The molecule has 0 radical (unpaired) electrons. The minimum absolute atomic E-state index is 0.441. The first-order chi connectivity index (χ1) is 10.5. The summed E-state index contributed by atoms with van der Waals surface area (Å²) in [4.78, 5) is 27.5. The minimum Gasteiger partial charge on any atom is -0.449 e. The Hall–Kier alpha value is -1.86. The second-order valence-corrected chi connectivity index (χ2v) is 6.73. The van der Waals surface area contributed by atoms with Crippen molar-refractivity contribution in [1.29, 1.82) is 0 Å². The molecule has 5 nitrogen and oxygen atoms in total. The van der Waals surface area contributed by atoms with E-state index in [-0.39, 0.29) is 0 Å². The second-order valence-electron chi connectivity index (χ2n) is 4.65. The molecule has 1 atom stereocenters. The van der Waals surface area contributed by atoms with Crippen LogP contribution in [0.25, 0.3) is 0 Å². The maximum atomic E-state index is 12.1. The Labute approximate surface area is 136 Å². The first-order valence-corrected chi connectivity index (χ1v) is 8.47. The predicted molar refractivity (Wildman–Crippen MR) is 86.9 cm³/mol. The van der Waals surface area contributed by atoms with Crippen molar-refractivity contribution in [2.75, 3.05) is 0 Å². The van der Waals surface area contributed by atoms with E-state index >= 15 is 0 Å². The molecule has 7 heteroatoms. The predicted octanol–water partition coefficient (Wildman–Crippen LogP) is 2.77. The van der Waals surface area contributed by atoms with Gasteiger partial charge in [0.25, 0.3) is 5.91 Å². The summed E-state index contributed by atoms with van der Waals surface area (Å²) >= 11 is 3.13. The summed E-state index contributed by atoms with van der Waals surface area (Å²) in [6.07, 6.45) is -0.949. The zero-order valence-electron chi connectivity index (χ0n) is 12.2. The van der Waals surface area contributed by atoms with E-state index in [9.17, 15) is 9.59 Å². The van der Waals surface area contributed by atoms with Gasteiger partial charge in [0.2, 0.25) is 0 Å². The number of thioether (sulfide) groups is 1. The highest BCUT2D eigenvalue weighted by atomic mass is 32.2. The van der Waals surface area contributed by atoms with Gasteiger partial charge in [0, 0.05) is 16.8 Å². The SMILES string of the molecule is Cc1csc(SCc2ccccc2C(=O)OC(C)C(N)=O)n1. The van der Waals surface area contributed by atoms with E-state index in [4.69, 9.17) is 10.5 Å². The number of hydrogen-bond donors (Lipinski definition) is 1. The number of aromatic nitrogens is 1. The number of nitrogens with two attached hydrogens (primary N) is 1. The van der Waals surface area contributed by atoms with Crippen molar-refractivity contribution in [2.24, 2.45) is 5.73 Å². The lowest BCUT2D eigenvalue weighted by Crippen LogP contribution is -2.30. The van der Waals surface area contributed by atoms with Gasteiger partial charge < -0.3 is 10.5 Å². The Balaban J connectivity index is 2.09. The number of benzene rings is 1. The Morgan fingerprint density at radius 1 is 1.41 bits per heavy atom. The molecule has 0 fully saturated rings. The van der Waals surface area contributed by atoms with Crippen LogP contribution < -0.4 is 5.73 Å². The zero-order chi connectivity index (χ0) is 16.1. The molecule has 22 heavy (non-hydrogen) atoms. The normalized spacial score (nSPS) is 11.9. The van der Waals surface area contributed by atoms with Crippen LogP contribution in [-0.4, -0.2) is 23.0 Å². The molecule has 0 bridgehead atoms. The lowest BCUT2D eigenvalue weighted by atomic mass is 10.1. The Kier molecular flexibility index (Phi) is 5.57. The molecule has 0 saturated heterocycles. The zero-order valence-corrected chi connectivity index (χ0v) is 13.9. The smallest absolute Gasteiger partial charge is 0.339 e. The van der Waals surface area contributed by atoms with Crippen LogP contribution in [0.5, 0.6) is 0 Å². The number of nitrogens with zero attached hydrogens (tertiary/aromatic N) is 1. The molecule has 1 heterocycles. The lowest BCUT2D eigenvalue weighted by Gasteiger charge is -2.12. The van der Waals surface area contributed by atoms with Gasteiger partial charge >= 0.3 is 5.97 Å². The van der Waals surface area contributed by atoms with Crippen LogP contribution in [0, 0.1) is 6.92 Å². The van der Waals surface area contributed by atoms with Crippen LogP contribution in [-0.2, 0) is 15.3 Å². The van der Waals surface area contributed by atoms with Gasteiger partial charge in [0.05, 0.1) is 5.56 Å². The van der Waals surface area contributed by atoms with Crippen molar-refractivity contribution in [2.45, 2.75) is 30.0 Å². The van der Waals surface area contributed by atoms with E-state index in [1.165, 1.54) is 6.92 Å². The molecule has 0 aliphatic heterocycles. The molecular weight excluding hydrogens is 320 g/mol. The first kappa shape index (κ1) is 16.5. The van der Waals surface area contributed by atoms with Crippen LogP contribution in [0.2, 0.25) is 0 Å². The van der Waals surface area contributed by atoms with Gasteiger partial charge in [-0.25, -0.2) is 9.78 Å². The minimum atomic E-state index is -0.949. The summed E-state index contributed by atoms with van der Waals surface area (Å²) in [6.45, 7) is 3.40. The number of aryl methyl sites for hydroxylation is 1. The third kappa shape index (κ3) is 4.32. The fraction of sp³-hybridized carbons (Fsp3) is 0.267. The molecule has 116 valence electrons. The fourth-order valence-electron chi connectivity index (χ4n) is 1.67. The largest absolute Gasteiger partial charge is 0.449 e. The Morgan fingerprint density at radius 2 is 2.14 bits per heavy atom. The molecule has 2 N–H and O–H groups in total.